The first kappa shape index (κ1) is 13.7. The second-order valence-corrected chi connectivity index (χ2v) is 5.08. The Morgan fingerprint density at radius 1 is 1.47 bits per heavy atom. The van der Waals surface area contributed by atoms with Crippen molar-refractivity contribution >= 4 is 11.4 Å². The summed E-state index contributed by atoms with van der Waals surface area (Å²) in [4.78, 5) is 16.3. The number of pyridine rings is 1. The van der Waals surface area contributed by atoms with Gasteiger partial charge < -0.3 is 10.1 Å². The number of aromatic nitrogens is 1. The Morgan fingerprint density at radius 3 is 2.74 bits per heavy atom. The van der Waals surface area contributed by atoms with Gasteiger partial charge in [0.25, 0.3) is 0 Å². The van der Waals surface area contributed by atoms with E-state index in [1.807, 2.05) is 0 Å². The zero-order valence-electron chi connectivity index (χ0n) is 11.3. The largest absolute Gasteiger partial charge is 0.363 e. The summed E-state index contributed by atoms with van der Waals surface area (Å²) >= 11 is 0. The molecule has 0 saturated heterocycles. The molecule has 0 fully saturated rings. The Labute approximate surface area is 113 Å². The van der Waals surface area contributed by atoms with Crippen LogP contribution in [0.2, 0.25) is 0 Å². The number of hydrogen-bond acceptors (Lipinski definition) is 4. The summed E-state index contributed by atoms with van der Waals surface area (Å²) in [6, 6.07) is 3.25. The molecule has 0 N–H and O–H groups in total. The second-order valence-electron chi connectivity index (χ2n) is 5.08. The summed E-state index contributed by atoms with van der Waals surface area (Å²) in [5.74, 6) is 1.31. The van der Waals surface area contributed by atoms with Crippen LogP contribution in [0.4, 0.5) is 5.82 Å². The van der Waals surface area contributed by atoms with Gasteiger partial charge in [-0.05, 0) is 33.9 Å². The molecule has 1 aliphatic heterocycles. The Balaban J connectivity index is 2.03. The van der Waals surface area contributed by atoms with Crippen molar-refractivity contribution in [2.75, 3.05) is 19.6 Å². The number of nitro groups is 1. The Kier molecular flexibility index (Phi) is 4.27. The second kappa shape index (κ2) is 5.93. The highest BCUT2D eigenvalue weighted by Gasteiger charge is 2.15. The van der Waals surface area contributed by atoms with Crippen molar-refractivity contribution < 1.29 is 4.92 Å². The predicted octanol–water partition coefficient (Wildman–Crippen LogP) is 2.69. The van der Waals surface area contributed by atoms with E-state index in [9.17, 15) is 10.1 Å². The van der Waals surface area contributed by atoms with E-state index in [0.717, 1.165) is 31.6 Å². The van der Waals surface area contributed by atoms with Crippen LogP contribution in [0.25, 0.3) is 5.57 Å². The molecule has 1 aromatic heterocycles. The minimum absolute atomic E-state index is 0.0991. The van der Waals surface area contributed by atoms with E-state index in [2.05, 4.69) is 29.8 Å². The molecule has 0 unspecified atom stereocenters. The predicted molar refractivity (Wildman–Crippen MR) is 74.5 cm³/mol. The van der Waals surface area contributed by atoms with Crippen LogP contribution in [0.5, 0.6) is 0 Å². The van der Waals surface area contributed by atoms with Crippen LogP contribution in [-0.4, -0.2) is 34.4 Å². The smallest absolute Gasteiger partial charge is 0.358 e. The molecule has 2 heterocycles. The highest BCUT2D eigenvalue weighted by molar-refractivity contribution is 5.66. The van der Waals surface area contributed by atoms with Crippen molar-refractivity contribution in [2.45, 2.75) is 20.3 Å². The van der Waals surface area contributed by atoms with Crippen molar-refractivity contribution in [3.63, 3.8) is 0 Å². The molecular weight excluding hydrogens is 242 g/mol. The fourth-order valence-corrected chi connectivity index (χ4v) is 2.25. The first-order chi connectivity index (χ1) is 9.06. The highest BCUT2D eigenvalue weighted by Crippen LogP contribution is 2.23. The first-order valence-corrected chi connectivity index (χ1v) is 6.37. The molecule has 1 aromatic rings. The standard InChI is InChI=1S/C14H18N3O2/c1-11(2)10-16-7-5-12(6-8-16)13-3-4-14(15-9-13)17(18)19/h3-5,9H,6-8,10H2,1-2H3. The molecule has 5 nitrogen and oxygen atoms in total. The van der Waals surface area contributed by atoms with E-state index in [1.165, 1.54) is 17.6 Å². The molecule has 1 aliphatic rings. The van der Waals surface area contributed by atoms with Gasteiger partial charge in [0.2, 0.25) is 0 Å². The van der Waals surface area contributed by atoms with Crippen LogP contribution >= 0.6 is 0 Å². The highest BCUT2D eigenvalue weighted by atomic mass is 16.6. The van der Waals surface area contributed by atoms with E-state index >= 15 is 0 Å². The molecule has 0 bridgehead atoms. The molecule has 0 atom stereocenters. The summed E-state index contributed by atoms with van der Waals surface area (Å²) in [7, 11) is 0. The first-order valence-electron chi connectivity index (χ1n) is 6.37. The van der Waals surface area contributed by atoms with Gasteiger partial charge in [-0.1, -0.05) is 19.9 Å². The van der Waals surface area contributed by atoms with E-state index < -0.39 is 4.92 Å². The average molecular weight is 260 g/mol. The molecule has 101 valence electrons. The molecule has 0 aliphatic carbocycles. The number of hydrogen-bond donors (Lipinski definition) is 0. The van der Waals surface area contributed by atoms with Gasteiger partial charge >= 0.3 is 5.82 Å². The maximum Gasteiger partial charge on any atom is 0.363 e. The van der Waals surface area contributed by atoms with Crippen LogP contribution < -0.4 is 0 Å². The Bertz CT molecular complexity index is 480. The maximum absolute atomic E-state index is 10.6. The van der Waals surface area contributed by atoms with E-state index in [0.29, 0.717) is 0 Å². The van der Waals surface area contributed by atoms with Crippen molar-refractivity contribution in [1.29, 1.82) is 0 Å². The average Bonchev–Trinajstić information content (AvgIpc) is 2.39. The van der Waals surface area contributed by atoms with Gasteiger partial charge in [-0.15, -0.1) is 0 Å². The third kappa shape index (κ3) is 3.61. The van der Waals surface area contributed by atoms with Crippen molar-refractivity contribution in [1.82, 2.24) is 9.88 Å². The minimum Gasteiger partial charge on any atom is -0.358 e. The zero-order chi connectivity index (χ0) is 13.8. The van der Waals surface area contributed by atoms with E-state index in [-0.39, 0.29) is 5.82 Å². The monoisotopic (exact) mass is 260 g/mol. The minimum atomic E-state index is -0.472. The van der Waals surface area contributed by atoms with Crippen molar-refractivity contribution in [3.8, 4) is 0 Å². The quantitative estimate of drug-likeness (QED) is 0.617. The molecule has 0 aromatic carbocycles. The summed E-state index contributed by atoms with van der Waals surface area (Å²) in [6.45, 7) is 7.26. The molecule has 0 saturated carbocycles. The Hall–Kier alpha value is -1.75. The number of rotatable bonds is 4. The van der Waals surface area contributed by atoms with Gasteiger partial charge in [-0.3, -0.25) is 4.90 Å². The molecule has 0 amide bonds. The molecule has 0 spiro atoms. The molecule has 2 rings (SSSR count). The van der Waals surface area contributed by atoms with Crippen LogP contribution in [0.1, 0.15) is 25.8 Å². The lowest BCUT2D eigenvalue weighted by atomic mass is 10.0. The van der Waals surface area contributed by atoms with Crippen LogP contribution in [0.15, 0.2) is 24.4 Å². The van der Waals surface area contributed by atoms with Gasteiger partial charge in [-0.2, -0.15) is 0 Å². The van der Waals surface area contributed by atoms with Gasteiger partial charge in [-0.25, -0.2) is 0 Å². The normalized spacial score (nSPS) is 16.5. The summed E-state index contributed by atoms with van der Waals surface area (Å²) in [5.41, 5.74) is 2.22. The maximum atomic E-state index is 10.6. The van der Waals surface area contributed by atoms with Gasteiger partial charge in [0.15, 0.2) is 0 Å². The summed E-state index contributed by atoms with van der Waals surface area (Å²) in [5, 5.41) is 10.6. The SMILES string of the molecule is C[C](C)CN1CC=C(c2ccc([N+](=O)[O-])nc2)CC1. The summed E-state index contributed by atoms with van der Waals surface area (Å²) in [6.07, 6.45) is 4.75. The zero-order valence-corrected chi connectivity index (χ0v) is 11.3. The lowest BCUT2D eigenvalue weighted by molar-refractivity contribution is -0.389. The van der Waals surface area contributed by atoms with Gasteiger partial charge in [0.05, 0.1) is 0 Å². The third-order valence-electron chi connectivity index (χ3n) is 3.14. The fourth-order valence-electron chi connectivity index (χ4n) is 2.25. The molecule has 5 heteroatoms. The molecular formula is C14H18N3O2. The van der Waals surface area contributed by atoms with Crippen molar-refractivity contribution in [3.05, 3.63) is 46.0 Å². The van der Waals surface area contributed by atoms with Crippen LogP contribution in [-0.2, 0) is 0 Å². The van der Waals surface area contributed by atoms with Crippen molar-refractivity contribution in [2.24, 2.45) is 0 Å². The van der Waals surface area contributed by atoms with Gasteiger partial charge in [0, 0.05) is 31.3 Å². The number of nitrogens with zero attached hydrogens (tertiary/aromatic N) is 3. The molecule has 19 heavy (non-hydrogen) atoms. The van der Waals surface area contributed by atoms with E-state index in [4.69, 9.17) is 0 Å². The summed E-state index contributed by atoms with van der Waals surface area (Å²) < 4.78 is 0. The third-order valence-corrected chi connectivity index (χ3v) is 3.14. The fraction of sp³-hybridized carbons (Fsp3) is 0.429. The van der Waals surface area contributed by atoms with Crippen LogP contribution in [0, 0.1) is 16.0 Å². The lowest BCUT2D eigenvalue weighted by Gasteiger charge is -2.27. The van der Waals surface area contributed by atoms with Gasteiger partial charge in [0.1, 0.15) is 6.20 Å². The Morgan fingerprint density at radius 2 is 2.26 bits per heavy atom. The lowest BCUT2D eigenvalue weighted by Crippen LogP contribution is -2.31. The molecule has 1 radical (unpaired) electrons. The van der Waals surface area contributed by atoms with E-state index in [1.54, 1.807) is 12.3 Å². The topological polar surface area (TPSA) is 59.3 Å². The van der Waals surface area contributed by atoms with Crippen LogP contribution in [0.3, 0.4) is 0 Å².